The predicted molar refractivity (Wildman–Crippen MR) is 96.0 cm³/mol. The summed E-state index contributed by atoms with van der Waals surface area (Å²) in [5.74, 6) is -1.65. The van der Waals surface area contributed by atoms with Crippen LogP contribution in [0.25, 0.3) is 10.9 Å². The van der Waals surface area contributed by atoms with Crippen LogP contribution in [0.5, 0.6) is 0 Å². The van der Waals surface area contributed by atoms with Gasteiger partial charge in [0.25, 0.3) is 0 Å². The Balaban J connectivity index is 2.47. The van der Waals surface area contributed by atoms with Gasteiger partial charge in [0.1, 0.15) is 5.70 Å². The lowest BCUT2D eigenvalue weighted by molar-refractivity contribution is -0.132. The zero-order chi connectivity index (χ0) is 18.6. The number of amides is 1. The van der Waals surface area contributed by atoms with Crippen molar-refractivity contribution in [2.45, 2.75) is 20.4 Å². The first-order valence-electron chi connectivity index (χ1n) is 7.63. The van der Waals surface area contributed by atoms with Gasteiger partial charge in [-0.2, -0.15) is 0 Å². The predicted octanol–water partition coefficient (Wildman–Crippen LogP) is 1.85. The van der Waals surface area contributed by atoms with Crippen molar-refractivity contribution in [3.8, 4) is 0 Å². The molecule has 130 valence electrons. The number of hydrogen-bond acceptors (Lipinski definition) is 5. The molecule has 2 aromatic rings. The Kier molecular flexibility index (Phi) is 5.49. The van der Waals surface area contributed by atoms with Crippen LogP contribution >= 0.6 is 0 Å². The highest BCUT2D eigenvalue weighted by Crippen LogP contribution is 2.18. The second kappa shape index (κ2) is 7.57. The van der Waals surface area contributed by atoms with Crippen molar-refractivity contribution in [3.05, 3.63) is 53.0 Å². The van der Waals surface area contributed by atoms with Crippen molar-refractivity contribution in [2.24, 2.45) is 10.7 Å². The molecule has 0 unspecified atom stereocenters. The van der Waals surface area contributed by atoms with Gasteiger partial charge in [0.05, 0.1) is 17.8 Å². The van der Waals surface area contributed by atoms with Gasteiger partial charge in [-0.3, -0.25) is 14.8 Å². The third kappa shape index (κ3) is 4.20. The van der Waals surface area contributed by atoms with Gasteiger partial charge in [0.15, 0.2) is 0 Å². The Morgan fingerprint density at radius 1 is 1.32 bits per heavy atom. The van der Waals surface area contributed by atoms with E-state index < -0.39 is 11.7 Å². The molecule has 0 aliphatic rings. The normalized spacial score (nSPS) is 12.3. The molecule has 25 heavy (non-hydrogen) atoms. The lowest BCUT2D eigenvalue weighted by Gasteiger charge is -2.23. The standard InChI is InChI=1S/C18H20N4O3/c1-11-4-6-14-7-5-13(8-15(14)21-11)10-22(12(2)23)16(9-20-3)17(19)18(24)25/h4-9H,10,19H2,1-3H3,(H,24,25)/b17-16+,20-9?. The van der Waals surface area contributed by atoms with Crippen molar-refractivity contribution in [3.63, 3.8) is 0 Å². The van der Waals surface area contributed by atoms with Crippen LogP contribution in [0.4, 0.5) is 0 Å². The lowest BCUT2D eigenvalue weighted by Crippen LogP contribution is -2.32. The highest BCUT2D eigenvalue weighted by Gasteiger charge is 2.20. The summed E-state index contributed by atoms with van der Waals surface area (Å²) in [5, 5.41) is 10.1. The number of aliphatic carboxylic acids is 1. The first kappa shape index (κ1) is 18.1. The monoisotopic (exact) mass is 340 g/mol. The van der Waals surface area contributed by atoms with Crippen LogP contribution in [0.2, 0.25) is 0 Å². The molecule has 0 aliphatic heterocycles. The average molecular weight is 340 g/mol. The number of aryl methyl sites for hydroxylation is 1. The van der Waals surface area contributed by atoms with Gasteiger partial charge in [0.2, 0.25) is 5.91 Å². The second-order valence-corrected chi connectivity index (χ2v) is 5.58. The van der Waals surface area contributed by atoms with Crippen LogP contribution in [0.3, 0.4) is 0 Å². The number of hydrogen-bond donors (Lipinski definition) is 2. The third-order valence-corrected chi connectivity index (χ3v) is 3.67. The van der Waals surface area contributed by atoms with Crippen molar-refractivity contribution in [2.75, 3.05) is 7.05 Å². The number of allylic oxidation sites excluding steroid dienone is 1. The van der Waals surface area contributed by atoms with E-state index in [-0.39, 0.29) is 18.1 Å². The lowest BCUT2D eigenvalue weighted by atomic mass is 10.1. The molecule has 1 heterocycles. The third-order valence-electron chi connectivity index (χ3n) is 3.67. The Labute approximate surface area is 145 Å². The number of carbonyl (C=O) groups excluding carboxylic acids is 1. The van der Waals surface area contributed by atoms with Crippen LogP contribution in [0, 0.1) is 6.92 Å². The number of benzene rings is 1. The molecular formula is C18H20N4O3. The minimum atomic E-state index is -1.31. The van der Waals surface area contributed by atoms with Crippen LogP contribution < -0.4 is 5.73 Å². The summed E-state index contributed by atoms with van der Waals surface area (Å²) in [6.45, 7) is 3.42. The molecule has 0 bridgehead atoms. The number of carbonyl (C=O) groups is 2. The van der Waals surface area contributed by atoms with Gasteiger partial charge < -0.3 is 15.7 Å². The molecule has 3 N–H and O–H groups in total. The Bertz CT molecular complexity index is 887. The number of carboxylic acid groups (broad SMARTS) is 1. The van der Waals surface area contributed by atoms with E-state index >= 15 is 0 Å². The van der Waals surface area contributed by atoms with Gasteiger partial charge in [-0.25, -0.2) is 4.79 Å². The maximum atomic E-state index is 12.1. The summed E-state index contributed by atoms with van der Waals surface area (Å²) in [5.41, 5.74) is 7.76. The topological polar surface area (TPSA) is 109 Å². The van der Waals surface area contributed by atoms with Crippen molar-refractivity contribution >= 4 is 29.0 Å². The van der Waals surface area contributed by atoms with Crippen molar-refractivity contribution in [1.29, 1.82) is 0 Å². The summed E-state index contributed by atoms with van der Waals surface area (Å²) in [7, 11) is 1.48. The van der Waals surface area contributed by atoms with Gasteiger partial charge in [-0.1, -0.05) is 18.2 Å². The molecule has 0 atom stereocenters. The van der Waals surface area contributed by atoms with Gasteiger partial charge >= 0.3 is 5.97 Å². The fraction of sp³-hybridized carbons (Fsp3) is 0.222. The van der Waals surface area contributed by atoms with Gasteiger partial charge in [-0.05, 0) is 24.6 Å². The molecule has 0 radical (unpaired) electrons. The molecule has 0 saturated carbocycles. The number of aliphatic imine (C=N–C) groups is 1. The molecule has 2 rings (SSSR count). The summed E-state index contributed by atoms with van der Waals surface area (Å²) < 4.78 is 0. The quantitative estimate of drug-likeness (QED) is 0.638. The Morgan fingerprint density at radius 3 is 2.60 bits per heavy atom. The van der Waals surface area contributed by atoms with Crippen LogP contribution in [0.15, 0.2) is 46.7 Å². The van der Waals surface area contributed by atoms with E-state index in [1.807, 2.05) is 37.3 Å². The molecule has 7 nitrogen and oxygen atoms in total. The zero-order valence-electron chi connectivity index (χ0n) is 14.4. The van der Waals surface area contributed by atoms with E-state index in [0.717, 1.165) is 22.2 Å². The highest BCUT2D eigenvalue weighted by atomic mass is 16.4. The Hall–Kier alpha value is -3.22. The largest absolute Gasteiger partial charge is 0.477 e. The summed E-state index contributed by atoms with van der Waals surface area (Å²) >= 11 is 0. The molecule has 0 spiro atoms. The number of pyridine rings is 1. The number of carboxylic acids is 1. The SMILES string of the molecule is CN=C/C(=C(\N)C(=O)O)N(Cc1ccc2ccc(C)nc2c1)C(C)=O. The number of fused-ring (bicyclic) bond motifs is 1. The molecule has 7 heteroatoms. The number of nitrogens with two attached hydrogens (primary N) is 1. The molecule has 0 aliphatic carbocycles. The molecule has 0 saturated heterocycles. The number of nitrogens with zero attached hydrogens (tertiary/aromatic N) is 3. The number of aromatic nitrogens is 1. The molecular weight excluding hydrogens is 320 g/mol. The minimum absolute atomic E-state index is 0.0554. The highest BCUT2D eigenvalue weighted by molar-refractivity contribution is 5.97. The molecule has 1 aromatic heterocycles. The smallest absolute Gasteiger partial charge is 0.353 e. The first-order chi connectivity index (χ1) is 11.8. The minimum Gasteiger partial charge on any atom is -0.477 e. The van der Waals surface area contributed by atoms with E-state index in [0.29, 0.717) is 0 Å². The van der Waals surface area contributed by atoms with E-state index in [2.05, 4.69) is 9.98 Å². The van der Waals surface area contributed by atoms with E-state index in [1.54, 1.807) is 0 Å². The fourth-order valence-corrected chi connectivity index (χ4v) is 2.43. The van der Waals surface area contributed by atoms with Crippen LogP contribution in [-0.4, -0.2) is 40.1 Å². The average Bonchev–Trinajstić information content (AvgIpc) is 2.56. The number of rotatable bonds is 5. The summed E-state index contributed by atoms with van der Waals surface area (Å²) in [6, 6.07) is 9.55. The first-order valence-corrected chi connectivity index (χ1v) is 7.63. The molecule has 0 fully saturated rings. The Morgan fingerprint density at radius 2 is 2.00 bits per heavy atom. The maximum Gasteiger partial charge on any atom is 0.353 e. The van der Waals surface area contributed by atoms with Crippen molar-refractivity contribution < 1.29 is 14.7 Å². The van der Waals surface area contributed by atoms with E-state index in [4.69, 9.17) is 10.8 Å². The molecule has 1 aromatic carbocycles. The van der Waals surface area contributed by atoms with Crippen molar-refractivity contribution in [1.82, 2.24) is 9.88 Å². The fourth-order valence-electron chi connectivity index (χ4n) is 2.43. The van der Waals surface area contributed by atoms with Gasteiger partial charge in [0, 0.05) is 31.3 Å². The summed E-state index contributed by atoms with van der Waals surface area (Å²) in [4.78, 5) is 32.9. The zero-order valence-corrected chi connectivity index (χ0v) is 14.4. The maximum absolute atomic E-state index is 12.1. The molecule has 1 amide bonds. The van der Waals surface area contributed by atoms with E-state index in [9.17, 15) is 9.59 Å². The van der Waals surface area contributed by atoms with Crippen LogP contribution in [-0.2, 0) is 16.1 Å². The van der Waals surface area contributed by atoms with Crippen LogP contribution in [0.1, 0.15) is 18.2 Å². The van der Waals surface area contributed by atoms with Gasteiger partial charge in [-0.15, -0.1) is 0 Å². The second-order valence-electron chi connectivity index (χ2n) is 5.58. The van der Waals surface area contributed by atoms with E-state index in [1.165, 1.54) is 25.1 Å². The summed E-state index contributed by atoms with van der Waals surface area (Å²) in [6.07, 6.45) is 1.27.